The maximum atomic E-state index is 12.2. The molecule has 5 heteroatoms. The molecule has 0 atom stereocenters. The number of nitriles is 1. The predicted molar refractivity (Wildman–Crippen MR) is 66.5 cm³/mol. The summed E-state index contributed by atoms with van der Waals surface area (Å²) in [5, 5.41) is 8.95. The number of rotatable bonds is 0. The second-order valence-corrected chi connectivity index (χ2v) is 5.49. The van der Waals surface area contributed by atoms with Crippen LogP contribution in [0, 0.1) is 17.9 Å². The standard InChI is InChI=1S/C13H8N2O2S/c1-3-11-13(10(8-14)15-2)9-6-4-5-7-12(9)18(11,16)17/h3-7H,1H3. The molecule has 0 bridgehead atoms. The molecule has 1 aromatic rings. The first-order valence-corrected chi connectivity index (χ1v) is 6.59. The van der Waals surface area contributed by atoms with E-state index in [9.17, 15) is 8.42 Å². The van der Waals surface area contributed by atoms with Crippen LogP contribution in [-0.4, -0.2) is 8.42 Å². The Kier molecular flexibility index (Phi) is 2.78. The van der Waals surface area contributed by atoms with Gasteiger partial charge in [-0.15, -0.1) is 0 Å². The summed E-state index contributed by atoms with van der Waals surface area (Å²) in [4.78, 5) is 3.31. The second kappa shape index (κ2) is 4.14. The van der Waals surface area contributed by atoms with Crippen molar-refractivity contribution in [3.8, 4) is 6.07 Å². The highest BCUT2D eigenvalue weighted by Crippen LogP contribution is 2.44. The molecule has 2 rings (SSSR count). The lowest BCUT2D eigenvalue weighted by molar-refractivity contribution is 0.604. The van der Waals surface area contributed by atoms with Gasteiger partial charge in [-0.2, -0.15) is 0 Å². The van der Waals surface area contributed by atoms with Crippen LogP contribution in [0.15, 0.2) is 45.8 Å². The predicted octanol–water partition coefficient (Wildman–Crippen LogP) is 2.53. The van der Waals surface area contributed by atoms with Crippen molar-refractivity contribution in [2.45, 2.75) is 11.8 Å². The van der Waals surface area contributed by atoms with Crippen LogP contribution in [0.1, 0.15) is 12.5 Å². The van der Waals surface area contributed by atoms with Crippen LogP contribution in [-0.2, 0) is 9.84 Å². The van der Waals surface area contributed by atoms with Gasteiger partial charge in [0.25, 0.3) is 5.70 Å². The molecule has 0 unspecified atom stereocenters. The smallest absolute Gasteiger partial charge is 0.226 e. The Morgan fingerprint density at radius 1 is 1.44 bits per heavy atom. The molecule has 1 aromatic carbocycles. The zero-order valence-electron chi connectivity index (χ0n) is 9.51. The number of hydrogen-bond donors (Lipinski definition) is 0. The Morgan fingerprint density at radius 3 is 2.67 bits per heavy atom. The fourth-order valence-corrected chi connectivity index (χ4v) is 3.71. The van der Waals surface area contributed by atoms with Gasteiger partial charge >= 0.3 is 0 Å². The summed E-state index contributed by atoms with van der Waals surface area (Å²) in [5.74, 6) is 0. The highest BCUT2D eigenvalue weighted by molar-refractivity contribution is 7.96. The van der Waals surface area contributed by atoms with Gasteiger partial charge in [-0.3, -0.25) is 0 Å². The van der Waals surface area contributed by atoms with Gasteiger partial charge in [0.05, 0.1) is 22.4 Å². The Hall–Kier alpha value is -2.37. The molecule has 1 aliphatic rings. The van der Waals surface area contributed by atoms with Crippen LogP contribution in [0.4, 0.5) is 0 Å². The second-order valence-electron chi connectivity index (χ2n) is 3.60. The van der Waals surface area contributed by atoms with Gasteiger partial charge in [0.1, 0.15) is 0 Å². The van der Waals surface area contributed by atoms with Crippen molar-refractivity contribution in [2.24, 2.45) is 0 Å². The summed E-state index contributed by atoms with van der Waals surface area (Å²) in [6.45, 7) is 8.56. The van der Waals surface area contributed by atoms with E-state index >= 15 is 0 Å². The van der Waals surface area contributed by atoms with Crippen LogP contribution >= 0.6 is 0 Å². The molecule has 4 nitrogen and oxygen atoms in total. The number of nitrogens with zero attached hydrogens (tertiary/aromatic N) is 2. The molecule has 0 fully saturated rings. The van der Waals surface area contributed by atoms with Gasteiger partial charge in [-0.05, 0) is 18.6 Å². The molecule has 1 heterocycles. The lowest BCUT2D eigenvalue weighted by Gasteiger charge is -1.99. The fraction of sp³-hybridized carbons (Fsp3) is 0.0769. The monoisotopic (exact) mass is 256 g/mol. The van der Waals surface area contributed by atoms with Crippen LogP contribution in [0.3, 0.4) is 0 Å². The Morgan fingerprint density at radius 2 is 2.11 bits per heavy atom. The maximum absolute atomic E-state index is 12.2. The third kappa shape index (κ3) is 1.46. The Balaban J connectivity index is 3.00. The van der Waals surface area contributed by atoms with Crippen LogP contribution < -0.4 is 0 Å². The lowest BCUT2D eigenvalue weighted by Crippen LogP contribution is -1.97. The summed E-state index contributed by atoms with van der Waals surface area (Å²) in [6, 6.07) is 8.16. The minimum atomic E-state index is -3.60. The average Bonchev–Trinajstić information content (AvgIpc) is 2.60. The minimum absolute atomic E-state index is 0.0382. The van der Waals surface area contributed by atoms with Crippen molar-refractivity contribution >= 4 is 15.4 Å². The van der Waals surface area contributed by atoms with Gasteiger partial charge < -0.3 is 0 Å². The summed E-state index contributed by atoms with van der Waals surface area (Å²) in [6.07, 6.45) is 1.42. The first-order valence-electron chi connectivity index (χ1n) is 5.11. The normalized spacial score (nSPS) is 20.9. The SMILES string of the molecule is [C-]#[N+]C(C#N)=C1C(=CC)S(=O)(=O)c2ccccc21. The molecule has 0 saturated carbocycles. The van der Waals surface area contributed by atoms with Gasteiger partial charge in [0.2, 0.25) is 9.84 Å². The number of allylic oxidation sites excluding steroid dienone is 3. The maximum Gasteiger partial charge on any atom is 0.270 e. The molecular weight excluding hydrogens is 248 g/mol. The first-order chi connectivity index (χ1) is 8.57. The molecule has 0 amide bonds. The molecule has 0 aliphatic carbocycles. The van der Waals surface area contributed by atoms with E-state index in [2.05, 4.69) is 4.85 Å². The number of hydrogen-bond acceptors (Lipinski definition) is 3. The van der Waals surface area contributed by atoms with Gasteiger partial charge in [0.15, 0.2) is 0 Å². The quantitative estimate of drug-likeness (QED) is 0.529. The highest BCUT2D eigenvalue weighted by atomic mass is 32.2. The largest absolute Gasteiger partial charge is 0.270 e. The van der Waals surface area contributed by atoms with E-state index in [-0.39, 0.29) is 21.1 Å². The molecule has 88 valence electrons. The van der Waals surface area contributed by atoms with E-state index in [4.69, 9.17) is 11.8 Å². The van der Waals surface area contributed by atoms with Crippen molar-refractivity contribution in [2.75, 3.05) is 0 Å². The van der Waals surface area contributed by atoms with Crippen molar-refractivity contribution in [3.05, 3.63) is 57.9 Å². The van der Waals surface area contributed by atoms with Crippen molar-refractivity contribution in [1.82, 2.24) is 0 Å². The van der Waals surface area contributed by atoms with E-state index < -0.39 is 9.84 Å². The molecule has 18 heavy (non-hydrogen) atoms. The van der Waals surface area contributed by atoms with E-state index in [1.807, 2.05) is 0 Å². The summed E-state index contributed by atoms with van der Waals surface area (Å²) < 4.78 is 24.5. The molecule has 1 aliphatic heterocycles. The van der Waals surface area contributed by atoms with Crippen molar-refractivity contribution in [3.63, 3.8) is 0 Å². The van der Waals surface area contributed by atoms with E-state index in [1.54, 1.807) is 31.2 Å². The molecule has 0 radical (unpaired) electrons. The summed E-state index contributed by atoms with van der Waals surface area (Å²) in [7, 11) is -3.60. The number of fused-ring (bicyclic) bond motifs is 1. The number of sulfone groups is 1. The van der Waals surface area contributed by atoms with Gasteiger partial charge in [-0.1, -0.05) is 24.3 Å². The summed E-state index contributed by atoms with van der Waals surface area (Å²) in [5.41, 5.74) is 0.445. The van der Waals surface area contributed by atoms with Crippen LogP contribution in [0.5, 0.6) is 0 Å². The topological polar surface area (TPSA) is 62.3 Å². The first kappa shape index (κ1) is 12.1. The van der Waals surface area contributed by atoms with Gasteiger partial charge in [0, 0.05) is 5.57 Å². The highest BCUT2D eigenvalue weighted by Gasteiger charge is 2.36. The third-order valence-corrected chi connectivity index (χ3v) is 4.65. The zero-order chi connectivity index (χ0) is 13.3. The minimum Gasteiger partial charge on any atom is -0.226 e. The van der Waals surface area contributed by atoms with Crippen molar-refractivity contribution < 1.29 is 8.42 Å². The van der Waals surface area contributed by atoms with Crippen molar-refractivity contribution in [1.29, 1.82) is 5.26 Å². The Bertz CT molecular complexity index is 756. The average molecular weight is 256 g/mol. The summed E-state index contributed by atoms with van der Waals surface area (Å²) >= 11 is 0. The third-order valence-electron chi connectivity index (χ3n) is 2.70. The zero-order valence-corrected chi connectivity index (χ0v) is 10.3. The molecule has 0 spiro atoms. The van der Waals surface area contributed by atoms with Crippen LogP contribution in [0.2, 0.25) is 0 Å². The van der Waals surface area contributed by atoms with E-state index in [0.717, 1.165) is 0 Å². The number of benzene rings is 1. The molecule has 0 N–H and O–H groups in total. The molecule has 0 aromatic heterocycles. The molecule has 0 saturated heterocycles. The Labute approximate surface area is 105 Å². The lowest BCUT2D eigenvalue weighted by atomic mass is 10.0. The van der Waals surface area contributed by atoms with E-state index in [0.29, 0.717) is 5.56 Å². The molecular formula is C13H8N2O2S. The van der Waals surface area contributed by atoms with Gasteiger partial charge in [-0.25, -0.2) is 18.5 Å². The van der Waals surface area contributed by atoms with Crippen LogP contribution in [0.25, 0.3) is 10.4 Å². The van der Waals surface area contributed by atoms with E-state index in [1.165, 1.54) is 12.1 Å². The fourth-order valence-electron chi connectivity index (χ4n) is 1.97.